The van der Waals surface area contributed by atoms with Crippen molar-refractivity contribution in [3.63, 3.8) is 0 Å². The van der Waals surface area contributed by atoms with E-state index in [9.17, 15) is 0 Å². The summed E-state index contributed by atoms with van der Waals surface area (Å²) in [6.45, 7) is 2.46. The van der Waals surface area contributed by atoms with E-state index in [1.54, 1.807) is 24.4 Å². The third-order valence-electron chi connectivity index (χ3n) is 5.02. The Morgan fingerprint density at radius 2 is 1.93 bits per heavy atom. The van der Waals surface area contributed by atoms with Gasteiger partial charge in [0.05, 0.1) is 34.6 Å². The maximum atomic E-state index is 6.83. The fourth-order valence-electron chi connectivity index (χ4n) is 3.41. The van der Waals surface area contributed by atoms with Gasteiger partial charge in [0.25, 0.3) is 0 Å². The van der Waals surface area contributed by atoms with Crippen LogP contribution in [0.25, 0.3) is 22.6 Å². The number of nitrogens with zero attached hydrogens (tertiary/aromatic N) is 5. The topological polar surface area (TPSA) is 50.3 Å². The van der Waals surface area contributed by atoms with Crippen molar-refractivity contribution in [1.29, 1.82) is 0 Å². The minimum atomic E-state index is 0.610. The minimum Gasteiger partial charge on any atom is -0.468 e. The van der Waals surface area contributed by atoms with Crippen LogP contribution in [-0.2, 0) is 6.54 Å². The molecule has 0 radical (unpaired) electrons. The number of furan rings is 1. The Morgan fingerprint density at radius 1 is 1.10 bits per heavy atom. The molecule has 0 unspecified atom stereocenters. The van der Waals surface area contributed by atoms with E-state index in [1.165, 1.54) is 0 Å². The van der Waals surface area contributed by atoms with Gasteiger partial charge < -0.3 is 9.32 Å². The smallest absolute Gasteiger partial charge is 0.171 e. The van der Waals surface area contributed by atoms with Gasteiger partial charge in [-0.05, 0) is 49.3 Å². The van der Waals surface area contributed by atoms with Gasteiger partial charge in [-0.15, -0.1) is 0 Å². The summed E-state index contributed by atoms with van der Waals surface area (Å²) in [6, 6.07) is 13.9. The van der Waals surface area contributed by atoms with Crippen LogP contribution in [-0.4, -0.2) is 52.3 Å². The van der Waals surface area contributed by atoms with E-state index in [-0.39, 0.29) is 0 Å². The lowest BCUT2D eigenvalue weighted by molar-refractivity contribution is 0.301. The second-order valence-electron chi connectivity index (χ2n) is 7.13. The van der Waals surface area contributed by atoms with Crippen LogP contribution in [0.3, 0.4) is 0 Å². The zero-order valence-corrected chi connectivity index (χ0v) is 18.8. The van der Waals surface area contributed by atoms with E-state index in [1.807, 2.05) is 49.7 Å². The number of rotatable bonds is 8. The molecule has 0 amide bonds. The van der Waals surface area contributed by atoms with Gasteiger partial charge in [-0.3, -0.25) is 13.9 Å². The van der Waals surface area contributed by atoms with Gasteiger partial charge in [0.15, 0.2) is 5.82 Å². The molecule has 3 heterocycles. The van der Waals surface area contributed by atoms with Crippen molar-refractivity contribution in [1.82, 2.24) is 18.8 Å². The number of pyridine rings is 1. The molecule has 3 aromatic heterocycles. The monoisotopic (exact) mass is 441 g/mol. The number of aromatic nitrogens is 3. The molecule has 0 saturated carbocycles. The number of benzene rings is 1. The summed E-state index contributed by atoms with van der Waals surface area (Å²) in [6.07, 6.45) is 5.52. The fourth-order valence-corrected chi connectivity index (χ4v) is 4.40. The van der Waals surface area contributed by atoms with E-state index in [0.717, 1.165) is 47.9 Å². The third-order valence-corrected chi connectivity index (χ3v) is 6.12. The molecule has 30 heavy (non-hydrogen) atoms. The first-order valence-corrected chi connectivity index (χ1v) is 11.2. The highest BCUT2D eigenvalue weighted by molar-refractivity contribution is 7.97. The van der Waals surface area contributed by atoms with Gasteiger partial charge in [-0.2, -0.15) is 0 Å². The fraction of sp³-hybridized carbons (Fsp3) is 0.273. The Bertz CT molecular complexity index is 1130. The van der Waals surface area contributed by atoms with Crippen molar-refractivity contribution in [3.8, 4) is 11.5 Å². The zero-order chi connectivity index (χ0) is 21.1. The summed E-state index contributed by atoms with van der Waals surface area (Å²) >= 11 is 8.42. The Morgan fingerprint density at radius 3 is 2.70 bits per heavy atom. The summed E-state index contributed by atoms with van der Waals surface area (Å²) in [5.41, 5.74) is 3.61. The number of para-hydroxylation sites is 2. The Balaban J connectivity index is 1.56. The molecule has 0 aliphatic carbocycles. The minimum absolute atomic E-state index is 0.610. The highest BCUT2D eigenvalue weighted by Crippen LogP contribution is 2.36. The number of anilines is 1. The van der Waals surface area contributed by atoms with E-state index >= 15 is 0 Å². The average molecular weight is 442 g/mol. The number of hydrogen-bond acceptors (Lipinski definition) is 6. The summed E-state index contributed by atoms with van der Waals surface area (Å²) in [4.78, 5) is 13.7. The van der Waals surface area contributed by atoms with Crippen molar-refractivity contribution < 1.29 is 4.42 Å². The predicted octanol–water partition coefficient (Wildman–Crippen LogP) is 5.04. The summed E-state index contributed by atoms with van der Waals surface area (Å²) in [5, 5.41) is 0.610. The molecule has 0 saturated heterocycles. The number of likely N-dealkylation sites (N-methyl/N-ethyl adjacent to an activating group) is 2. The van der Waals surface area contributed by atoms with Crippen molar-refractivity contribution in [2.45, 2.75) is 6.54 Å². The first kappa shape index (κ1) is 20.8. The summed E-state index contributed by atoms with van der Waals surface area (Å²) in [7, 11) is 4.13. The SMILES string of the molecule is CSn1c(-c2nccc(N(C)CCN(C)Cc3ccco3)c2Cl)nc2ccccc21. The molecular formula is C22H24ClN5OS. The van der Waals surface area contributed by atoms with Gasteiger partial charge in [0.2, 0.25) is 0 Å². The van der Waals surface area contributed by atoms with Crippen LogP contribution < -0.4 is 4.90 Å². The van der Waals surface area contributed by atoms with Crippen LogP contribution in [0.2, 0.25) is 5.02 Å². The molecular weight excluding hydrogens is 418 g/mol. The molecule has 6 nitrogen and oxygen atoms in total. The van der Waals surface area contributed by atoms with Crippen LogP contribution in [0.5, 0.6) is 0 Å². The highest BCUT2D eigenvalue weighted by atomic mass is 35.5. The molecule has 0 fully saturated rings. The van der Waals surface area contributed by atoms with Crippen molar-refractivity contribution >= 4 is 40.3 Å². The molecule has 4 aromatic rings. The van der Waals surface area contributed by atoms with Crippen LogP contribution >= 0.6 is 23.5 Å². The molecule has 1 aromatic carbocycles. The molecule has 156 valence electrons. The maximum absolute atomic E-state index is 6.83. The van der Waals surface area contributed by atoms with Crippen LogP contribution in [0.1, 0.15) is 5.76 Å². The standard InChI is InChI=1S/C22H24ClN5OS/c1-26(15-16-7-6-14-29-16)12-13-27(2)19-10-11-24-21(20(19)23)22-25-17-8-4-5-9-18(17)28(22)30-3/h4-11,14H,12-13,15H2,1-3H3. The van der Waals surface area contributed by atoms with E-state index < -0.39 is 0 Å². The highest BCUT2D eigenvalue weighted by Gasteiger charge is 2.19. The Hall–Kier alpha value is -2.48. The van der Waals surface area contributed by atoms with E-state index in [4.69, 9.17) is 21.0 Å². The summed E-state index contributed by atoms with van der Waals surface area (Å²) in [5.74, 6) is 1.72. The number of imidazole rings is 1. The van der Waals surface area contributed by atoms with Crippen LogP contribution in [0, 0.1) is 0 Å². The van der Waals surface area contributed by atoms with Gasteiger partial charge in [0, 0.05) is 32.6 Å². The lowest BCUT2D eigenvalue weighted by atomic mass is 10.2. The van der Waals surface area contributed by atoms with Crippen molar-refractivity contribution in [2.24, 2.45) is 0 Å². The number of hydrogen-bond donors (Lipinski definition) is 0. The lowest BCUT2D eigenvalue weighted by Gasteiger charge is -2.24. The molecule has 0 spiro atoms. The molecule has 8 heteroatoms. The largest absolute Gasteiger partial charge is 0.468 e. The number of halogens is 1. The molecule has 0 bridgehead atoms. The second kappa shape index (κ2) is 9.12. The Labute approximate surface area is 185 Å². The quantitative estimate of drug-likeness (QED) is 0.382. The first-order chi connectivity index (χ1) is 14.6. The molecule has 4 rings (SSSR count). The summed E-state index contributed by atoms with van der Waals surface area (Å²) < 4.78 is 7.50. The van der Waals surface area contributed by atoms with Crippen molar-refractivity contribution in [2.75, 3.05) is 38.3 Å². The van der Waals surface area contributed by atoms with Crippen LogP contribution in [0.4, 0.5) is 5.69 Å². The molecule has 0 aliphatic heterocycles. The molecule has 0 N–H and O–H groups in total. The zero-order valence-electron chi connectivity index (χ0n) is 17.2. The predicted molar refractivity (Wildman–Crippen MR) is 125 cm³/mol. The van der Waals surface area contributed by atoms with Gasteiger partial charge >= 0.3 is 0 Å². The van der Waals surface area contributed by atoms with E-state index in [0.29, 0.717) is 10.7 Å². The maximum Gasteiger partial charge on any atom is 0.171 e. The second-order valence-corrected chi connectivity index (χ2v) is 8.24. The van der Waals surface area contributed by atoms with Crippen molar-refractivity contribution in [3.05, 3.63) is 65.7 Å². The number of fused-ring (bicyclic) bond motifs is 1. The molecule has 0 atom stereocenters. The Kier molecular flexibility index (Phi) is 6.32. The first-order valence-electron chi connectivity index (χ1n) is 9.67. The van der Waals surface area contributed by atoms with Gasteiger partial charge in [-0.1, -0.05) is 23.7 Å². The lowest BCUT2D eigenvalue weighted by Crippen LogP contribution is -2.30. The van der Waals surface area contributed by atoms with Crippen LogP contribution in [0.15, 0.2) is 59.3 Å². The normalized spacial score (nSPS) is 11.5. The third kappa shape index (κ3) is 4.19. The van der Waals surface area contributed by atoms with Gasteiger partial charge in [0.1, 0.15) is 11.5 Å². The van der Waals surface area contributed by atoms with E-state index in [2.05, 4.69) is 31.9 Å². The van der Waals surface area contributed by atoms with Gasteiger partial charge in [-0.25, -0.2) is 4.98 Å². The average Bonchev–Trinajstić information content (AvgIpc) is 3.39. The molecule has 0 aliphatic rings.